The molecule has 122 heavy (non-hydrogen) atoms. The van der Waals surface area contributed by atoms with E-state index in [9.17, 15) is 0 Å². The lowest BCUT2D eigenvalue weighted by atomic mass is 10.0. The SMILES string of the molecule is c1ccc([Si](c2ccccc2)(c2nc(-n3c4ccccc4c4ccccc43)nc(-n3c4ccccc4c4cc(-c5ccc6c(c5)nc5n(-c7nc(-n8c9ccccc9n9c%10ccccc%10nc89)nc([Si](c8ccccc8)(c8ccccc8)c8cccc9c8oc8ccccc89)n7)c7ccccc7n65)ccc43)n2)c2cccc3c2oc2ccccc23)cc1. The van der Waals surface area contributed by atoms with Crippen molar-refractivity contribution in [3.63, 3.8) is 0 Å². The van der Waals surface area contributed by atoms with Crippen molar-refractivity contribution in [2.45, 2.75) is 0 Å². The maximum absolute atomic E-state index is 7.18. The summed E-state index contributed by atoms with van der Waals surface area (Å²) in [6, 6.07) is 137. The minimum absolute atomic E-state index is 0.380. The fourth-order valence-corrected chi connectivity index (χ4v) is 28.8. The molecule has 10 heterocycles. The highest BCUT2D eigenvalue weighted by Crippen LogP contribution is 2.40. The first-order valence-corrected chi connectivity index (χ1v) is 44.9. The predicted molar refractivity (Wildman–Crippen MR) is 495 cm³/mol. The summed E-state index contributed by atoms with van der Waals surface area (Å²) in [6.07, 6.45) is 0. The van der Waals surface area contributed by atoms with Crippen LogP contribution in [0, 0.1) is 0 Å². The normalized spacial score (nSPS) is 12.4. The van der Waals surface area contributed by atoms with Crippen LogP contribution in [0.5, 0.6) is 0 Å². The number of hydrogen-bond acceptors (Lipinski definition) is 10. The summed E-state index contributed by atoms with van der Waals surface area (Å²) < 4.78 is 27.5. The Labute approximate surface area is 695 Å². The van der Waals surface area contributed by atoms with E-state index in [1.807, 2.05) is 18.2 Å². The summed E-state index contributed by atoms with van der Waals surface area (Å²) in [4.78, 5) is 46.8. The maximum Gasteiger partial charge on any atom is 0.241 e. The highest BCUT2D eigenvalue weighted by molar-refractivity contribution is 7.20. The zero-order valence-electron chi connectivity index (χ0n) is 65.0. The van der Waals surface area contributed by atoms with Crippen LogP contribution in [0.1, 0.15) is 0 Å². The van der Waals surface area contributed by atoms with Gasteiger partial charge in [0.15, 0.2) is 0 Å². The molecule has 26 aromatic rings. The fraction of sp³-hybridized carbons (Fsp3) is 0. The number of para-hydroxylation sites is 13. The smallest absolute Gasteiger partial charge is 0.241 e. The van der Waals surface area contributed by atoms with Gasteiger partial charge in [0.1, 0.15) is 33.2 Å². The van der Waals surface area contributed by atoms with Gasteiger partial charge >= 0.3 is 0 Å². The Balaban J connectivity index is 0.698. The van der Waals surface area contributed by atoms with Crippen molar-refractivity contribution in [2.75, 3.05) is 0 Å². The van der Waals surface area contributed by atoms with Gasteiger partial charge in [0, 0.05) is 53.5 Å². The number of nitrogens with zero attached hydrogens (tertiary/aromatic N) is 14. The molecule has 0 atom stereocenters. The monoisotopic (exact) mass is 1600 g/mol. The van der Waals surface area contributed by atoms with E-state index in [4.69, 9.17) is 48.7 Å². The van der Waals surface area contributed by atoms with E-state index in [2.05, 4.69) is 397 Å². The number of aromatic nitrogens is 14. The van der Waals surface area contributed by atoms with Gasteiger partial charge in [-0.25, -0.2) is 39.0 Å². The molecule has 0 saturated heterocycles. The molecule has 0 saturated carbocycles. The first kappa shape index (κ1) is 67.8. The molecule has 0 bridgehead atoms. The minimum atomic E-state index is -3.79. The van der Waals surface area contributed by atoms with Crippen LogP contribution in [-0.2, 0) is 0 Å². The Hall–Kier alpha value is -16.3. The fourth-order valence-electron chi connectivity index (χ4n) is 19.8. The molecule has 10 aromatic heterocycles. The molecule has 16 nitrogen and oxygen atoms in total. The van der Waals surface area contributed by atoms with Crippen LogP contribution in [0.15, 0.2) is 397 Å². The van der Waals surface area contributed by atoms with Crippen molar-refractivity contribution in [2.24, 2.45) is 0 Å². The van der Waals surface area contributed by atoms with Crippen LogP contribution in [0.2, 0.25) is 0 Å². The lowest BCUT2D eigenvalue weighted by Crippen LogP contribution is -2.76. The Morgan fingerprint density at radius 1 is 0.205 bits per heavy atom. The lowest BCUT2D eigenvalue weighted by molar-refractivity contribution is 0.671. The number of rotatable bonds is 13. The zero-order chi connectivity index (χ0) is 79.9. The van der Waals surface area contributed by atoms with Crippen molar-refractivity contribution in [3.8, 4) is 34.9 Å². The summed E-state index contributed by atoms with van der Waals surface area (Å²) >= 11 is 0. The number of benzene rings is 16. The second-order valence-electron chi connectivity index (χ2n) is 31.3. The van der Waals surface area contributed by atoms with Crippen molar-refractivity contribution in [1.82, 2.24) is 66.9 Å². The second kappa shape index (κ2) is 26.1. The predicted octanol–water partition coefficient (Wildman–Crippen LogP) is 18.0. The second-order valence-corrected chi connectivity index (χ2v) is 38.6. The van der Waals surface area contributed by atoms with Crippen LogP contribution in [0.4, 0.5) is 0 Å². The topological polar surface area (TPSA) is 158 Å². The largest absolute Gasteiger partial charge is 0.456 e. The van der Waals surface area contributed by atoms with Crippen LogP contribution in [-0.4, -0.2) is 83.1 Å². The summed E-state index contributed by atoms with van der Waals surface area (Å²) in [5.41, 5.74) is 17.3. The van der Waals surface area contributed by atoms with Gasteiger partial charge in [0.25, 0.3) is 0 Å². The maximum atomic E-state index is 7.18. The molecule has 0 unspecified atom stereocenters. The Bertz CT molecular complexity index is 8700. The summed E-state index contributed by atoms with van der Waals surface area (Å²) in [5.74, 6) is 3.03. The highest BCUT2D eigenvalue weighted by Gasteiger charge is 2.50. The first-order valence-electron chi connectivity index (χ1n) is 40.9. The third-order valence-corrected chi connectivity index (χ3v) is 34.0. The highest BCUT2D eigenvalue weighted by atomic mass is 28.3. The van der Waals surface area contributed by atoms with E-state index in [0.29, 0.717) is 46.2 Å². The molecule has 0 radical (unpaired) electrons. The van der Waals surface area contributed by atoms with Gasteiger partial charge in [-0.1, -0.05) is 297 Å². The standard InChI is InChI=1S/C104H64N14O2Si2/c1-5-31-67(32-6-1)121(68-33-7-2-8-34-68,93-57-29-44-76-74-42-16-27-55-91(74)119-95(76)93)101-109-97(113-81-47-19-13-39-71(81)72-40-14-20-48-82(72)113)107-98(110-101)114-83-49-21-15-41-73(83)78-63-65(59-61-84(78)114)66-60-62-86-80(64-66)106-104-116(86)88-52-24-26-54-90(88)118(104)100-108-99(117-89-53-25-23-51-87(89)115-85-50-22-18-46-79(85)105-103(115)117)111-102(112-100)122(69-35-9-3-10-36-69,70-37-11-4-12-38-70)94-58-30-45-77-75-43-17-28-56-92(75)120-96(77)94/h1-64H. The van der Waals surface area contributed by atoms with Crippen molar-refractivity contribution in [1.29, 1.82) is 0 Å². The van der Waals surface area contributed by atoms with Gasteiger partial charge in [-0.05, 0) is 123 Å². The van der Waals surface area contributed by atoms with Gasteiger partial charge in [0.05, 0.1) is 66.2 Å². The molecule has 570 valence electrons. The summed E-state index contributed by atoms with van der Waals surface area (Å²) in [5, 5.41) is 14.7. The minimum Gasteiger partial charge on any atom is -0.456 e. The molecular formula is C104H64N14O2Si2. The zero-order valence-corrected chi connectivity index (χ0v) is 67.0. The third kappa shape index (κ3) is 9.59. The van der Waals surface area contributed by atoms with Gasteiger partial charge in [-0.15, -0.1) is 0 Å². The first-order chi connectivity index (χ1) is 60.5. The molecule has 0 N–H and O–H groups in total. The summed E-state index contributed by atoms with van der Waals surface area (Å²) in [6.45, 7) is 0. The van der Waals surface area contributed by atoms with Crippen LogP contribution in [0.3, 0.4) is 0 Å². The van der Waals surface area contributed by atoms with E-state index in [0.717, 1.165) is 174 Å². The number of imidazole rings is 4. The van der Waals surface area contributed by atoms with E-state index in [1.165, 1.54) is 0 Å². The molecule has 26 rings (SSSR count). The average Bonchev–Trinajstić information content (AvgIpc) is 1.34. The molecule has 0 aliphatic heterocycles. The third-order valence-electron chi connectivity index (χ3n) is 25.0. The Morgan fingerprint density at radius 3 is 0.975 bits per heavy atom. The number of hydrogen-bond donors (Lipinski definition) is 0. The van der Waals surface area contributed by atoms with Gasteiger partial charge in [-0.3, -0.25) is 17.9 Å². The van der Waals surface area contributed by atoms with Gasteiger partial charge in [-0.2, -0.15) is 9.97 Å². The molecular weight excluding hydrogens is 1530 g/mol. The lowest BCUT2D eigenvalue weighted by Gasteiger charge is -2.32. The quantitative estimate of drug-likeness (QED) is 0.0803. The molecule has 0 aliphatic rings. The number of fused-ring (bicyclic) bond motifs is 22. The van der Waals surface area contributed by atoms with E-state index >= 15 is 0 Å². The molecule has 0 spiro atoms. The van der Waals surface area contributed by atoms with Crippen LogP contribution < -0.4 is 42.0 Å². The van der Waals surface area contributed by atoms with E-state index in [1.54, 1.807) is 0 Å². The van der Waals surface area contributed by atoms with Crippen molar-refractivity contribution < 1.29 is 8.83 Å². The molecule has 16 aromatic carbocycles. The van der Waals surface area contributed by atoms with Crippen LogP contribution in [0.25, 0.3) is 178 Å². The Morgan fingerprint density at radius 2 is 0.525 bits per heavy atom. The molecule has 0 amide bonds. The van der Waals surface area contributed by atoms with E-state index in [-0.39, 0.29) is 0 Å². The molecule has 18 heteroatoms. The van der Waals surface area contributed by atoms with Crippen molar-refractivity contribution in [3.05, 3.63) is 388 Å². The van der Waals surface area contributed by atoms with E-state index < -0.39 is 16.1 Å². The number of furan rings is 2. The van der Waals surface area contributed by atoms with Crippen molar-refractivity contribution >= 4 is 201 Å². The summed E-state index contributed by atoms with van der Waals surface area (Å²) in [7, 11) is -7.51. The molecule has 0 fully saturated rings. The van der Waals surface area contributed by atoms with Gasteiger partial charge in [0.2, 0.25) is 51.5 Å². The average molecular weight is 1600 g/mol. The van der Waals surface area contributed by atoms with Crippen LogP contribution >= 0.6 is 0 Å². The Kier molecular flexibility index (Phi) is 14.5. The van der Waals surface area contributed by atoms with Gasteiger partial charge < -0.3 is 8.83 Å². The molecule has 0 aliphatic carbocycles.